The third-order valence-electron chi connectivity index (χ3n) is 3.14. The van der Waals surface area contributed by atoms with E-state index < -0.39 is 32.7 Å². The van der Waals surface area contributed by atoms with Crippen molar-refractivity contribution in [2.75, 3.05) is 0 Å². The average molecular weight is 372 g/mol. The van der Waals surface area contributed by atoms with Crippen LogP contribution in [0.2, 0.25) is 3.97 Å². The Balaban J connectivity index is 2.02. The van der Waals surface area contributed by atoms with Gasteiger partial charge >= 0.3 is 115 Å². The number of hydrogen-bond acceptors (Lipinski definition) is 1. The molecule has 0 unspecified atom stereocenters. The predicted molar refractivity (Wildman–Crippen MR) is 65.1 cm³/mol. The molecule has 18 heavy (non-hydrogen) atoms. The van der Waals surface area contributed by atoms with Crippen molar-refractivity contribution < 1.29 is 18.3 Å². The van der Waals surface area contributed by atoms with E-state index in [2.05, 4.69) is 0 Å². The van der Waals surface area contributed by atoms with Crippen LogP contribution in [0.15, 0.2) is 24.3 Å². The predicted octanol–water partition coefficient (Wildman–Crippen LogP) is 2.76. The fourth-order valence-corrected chi connectivity index (χ4v) is 5.60. The molecule has 5 heteroatoms. The first-order valence-corrected chi connectivity index (χ1v) is 8.50. The molecule has 1 aromatic carbocycles. The molecule has 0 saturated heterocycles. The van der Waals surface area contributed by atoms with Crippen molar-refractivity contribution in [1.82, 2.24) is 0 Å². The van der Waals surface area contributed by atoms with Gasteiger partial charge in [-0.05, 0) is 0 Å². The van der Waals surface area contributed by atoms with Crippen LogP contribution in [-0.4, -0.2) is 32.1 Å². The van der Waals surface area contributed by atoms with Crippen LogP contribution >= 0.6 is 0 Å². The van der Waals surface area contributed by atoms with E-state index in [1.165, 1.54) is 0 Å². The van der Waals surface area contributed by atoms with Crippen molar-refractivity contribution in [3.8, 4) is 0 Å². The van der Waals surface area contributed by atoms with Gasteiger partial charge in [0.2, 0.25) is 0 Å². The number of aliphatic hydroxyl groups is 1. The molecule has 0 amide bonds. The van der Waals surface area contributed by atoms with Crippen LogP contribution in [0, 0.1) is 0 Å². The molecule has 0 heterocycles. The van der Waals surface area contributed by atoms with Gasteiger partial charge in [0, 0.05) is 0 Å². The molecule has 0 bridgehead atoms. The summed E-state index contributed by atoms with van der Waals surface area (Å²) in [6.45, 7) is 0. The molecule has 2 atom stereocenters. The molecule has 0 radical (unpaired) electrons. The molecule has 100 valence electrons. The maximum atomic E-state index is 12.4. The Bertz CT molecular complexity index is 388. The Morgan fingerprint density at radius 2 is 1.67 bits per heavy atom. The van der Waals surface area contributed by atoms with Crippen molar-refractivity contribution in [1.29, 1.82) is 0 Å². The zero-order valence-electron chi connectivity index (χ0n) is 9.78. The number of alkyl halides is 3. The van der Waals surface area contributed by atoms with E-state index in [9.17, 15) is 18.3 Å². The second kappa shape index (κ2) is 5.81. The van der Waals surface area contributed by atoms with Gasteiger partial charge in [-0.25, -0.2) is 0 Å². The number of hydrogen-bond donors (Lipinski definition) is 1. The molecule has 0 aliphatic heterocycles. The molecule has 2 rings (SSSR count). The Morgan fingerprint density at radius 3 is 2.22 bits per heavy atom. The van der Waals surface area contributed by atoms with Crippen LogP contribution in [0.3, 0.4) is 0 Å². The quantitative estimate of drug-likeness (QED) is 0.793. The summed E-state index contributed by atoms with van der Waals surface area (Å²) >= 11 is -0.596. The van der Waals surface area contributed by atoms with Gasteiger partial charge in [0.05, 0.1) is 0 Å². The van der Waals surface area contributed by atoms with Gasteiger partial charge in [-0.2, -0.15) is 0 Å². The van der Waals surface area contributed by atoms with Gasteiger partial charge in [-0.3, -0.25) is 0 Å². The Morgan fingerprint density at radius 1 is 1.06 bits per heavy atom. The van der Waals surface area contributed by atoms with Gasteiger partial charge in [0.25, 0.3) is 0 Å². The van der Waals surface area contributed by atoms with Crippen LogP contribution in [-0.2, 0) is 6.18 Å². The normalized spacial score (nSPS) is 25.1. The minimum absolute atomic E-state index is 0.247. The molecular formula is C13H15F3OTe. The summed E-state index contributed by atoms with van der Waals surface area (Å²) in [7, 11) is 0. The first kappa shape index (κ1) is 14.2. The van der Waals surface area contributed by atoms with E-state index >= 15 is 0 Å². The van der Waals surface area contributed by atoms with Crippen LogP contribution in [0.1, 0.15) is 31.2 Å². The van der Waals surface area contributed by atoms with E-state index in [0.717, 1.165) is 41.4 Å². The third-order valence-corrected chi connectivity index (χ3v) is 7.12. The first-order valence-electron chi connectivity index (χ1n) is 5.99. The van der Waals surface area contributed by atoms with Crippen LogP contribution in [0.25, 0.3) is 0 Å². The molecule has 0 aromatic heterocycles. The summed E-state index contributed by atoms with van der Waals surface area (Å²) in [6.07, 6.45) is -0.447. The van der Waals surface area contributed by atoms with Gasteiger partial charge in [-0.15, -0.1) is 0 Å². The second-order valence-electron chi connectivity index (χ2n) is 4.53. The van der Waals surface area contributed by atoms with E-state index in [4.69, 9.17) is 0 Å². The molecular weight excluding hydrogens is 357 g/mol. The third kappa shape index (κ3) is 3.63. The summed E-state index contributed by atoms with van der Waals surface area (Å²) in [6, 6.07) is 5.45. The van der Waals surface area contributed by atoms with E-state index in [1.54, 1.807) is 12.1 Å². The number of halogens is 3. The summed E-state index contributed by atoms with van der Waals surface area (Å²) in [4.78, 5) is 0. The molecule has 1 nitrogen and oxygen atoms in total. The van der Waals surface area contributed by atoms with E-state index in [1.807, 2.05) is 0 Å². The molecule has 1 aliphatic carbocycles. The number of aliphatic hydroxyl groups excluding tert-OH is 1. The Labute approximate surface area is 114 Å². The van der Waals surface area contributed by atoms with Gasteiger partial charge in [0.1, 0.15) is 0 Å². The van der Waals surface area contributed by atoms with Crippen molar-refractivity contribution in [2.45, 2.75) is 41.9 Å². The van der Waals surface area contributed by atoms with Gasteiger partial charge in [0.15, 0.2) is 0 Å². The Hall–Kier alpha value is -0.240. The second-order valence-corrected chi connectivity index (χ2v) is 8.28. The van der Waals surface area contributed by atoms with Crippen LogP contribution in [0.5, 0.6) is 0 Å². The van der Waals surface area contributed by atoms with Crippen LogP contribution in [0.4, 0.5) is 13.2 Å². The monoisotopic (exact) mass is 374 g/mol. The molecule has 1 fully saturated rings. The van der Waals surface area contributed by atoms with Gasteiger partial charge in [-0.1, -0.05) is 0 Å². The zero-order chi connectivity index (χ0) is 13.2. The van der Waals surface area contributed by atoms with Crippen molar-refractivity contribution in [3.63, 3.8) is 0 Å². The molecule has 1 aromatic rings. The van der Waals surface area contributed by atoms with Crippen molar-refractivity contribution in [2.24, 2.45) is 0 Å². The fourth-order valence-electron chi connectivity index (χ4n) is 2.11. The average Bonchev–Trinajstić information content (AvgIpc) is 2.32. The number of rotatable bonds is 2. The standard InChI is InChI=1S/C13H15F3OTe/c14-13(15,16)9-5-7-10(8-6-9)18-12-4-2-1-3-11(12)17/h5-8,11-12,17H,1-4H2/t11-,12-/m0/s1. The number of benzene rings is 1. The van der Waals surface area contributed by atoms with Crippen LogP contribution < -0.4 is 3.61 Å². The van der Waals surface area contributed by atoms with E-state index in [-0.39, 0.29) is 6.10 Å². The van der Waals surface area contributed by atoms with E-state index in [0.29, 0.717) is 3.97 Å². The first-order chi connectivity index (χ1) is 8.47. The zero-order valence-corrected chi connectivity index (χ0v) is 12.1. The Kier molecular flexibility index (Phi) is 4.58. The summed E-state index contributed by atoms with van der Waals surface area (Å²) in [5.41, 5.74) is -0.595. The van der Waals surface area contributed by atoms with Gasteiger partial charge < -0.3 is 0 Å². The summed E-state index contributed by atoms with van der Waals surface area (Å²) in [5.74, 6) is 0. The molecule has 1 saturated carbocycles. The fraction of sp³-hybridized carbons (Fsp3) is 0.538. The molecule has 1 aliphatic rings. The SMILES string of the molecule is O[C@H]1CCCC[C@@H]1[Te]c1ccc(C(F)(F)F)cc1. The molecule has 1 N–H and O–H groups in total. The summed E-state index contributed by atoms with van der Waals surface area (Å²) in [5, 5.41) is 9.87. The van der Waals surface area contributed by atoms with Crippen molar-refractivity contribution >= 4 is 24.5 Å². The molecule has 0 spiro atoms. The summed E-state index contributed by atoms with van der Waals surface area (Å²) < 4.78 is 38.6. The topological polar surface area (TPSA) is 20.2 Å². The minimum atomic E-state index is -4.26. The van der Waals surface area contributed by atoms with Crippen molar-refractivity contribution in [3.05, 3.63) is 29.8 Å². The maximum absolute atomic E-state index is 12.4.